The highest BCUT2D eigenvalue weighted by Gasteiger charge is 2.14. The summed E-state index contributed by atoms with van der Waals surface area (Å²) in [6, 6.07) is 23.4. The topological polar surface area (TPSA) is 79.5 Å². The normalized spacial score (nSPS) is 11.2. The predicted molar refractivity (Wildman–Crippen MR) is 125 cm³/mol. The molecule has 0 radical (unpaired) electrons. The zero-order chi connectivity index (χ0) is 22.2. The number of amides is 2. The molecule has 7 heteroatoms. The van der Waals surface area contributed by atoms with Gasteiger partial charge in [-0.1, -0.05) is 48.5 Å². The largest absolute Gasteiger partial charge is 0.496 e. The summed E-state index contributed by atoms with van der Waals surface area (Å²) in [5.74, 6) is -0.140. The van der Waals surface area contributed by atoms with E-state index in [1.54, 1.807) is 48.5 Å². The van der Waals surface area contributed by atoms with Crippen LogP contribution >= 0.6 is 12.2 Å². The SMILES string of the molecule is COc1ccccc1C(=O)NC(=S)Nc1cccc(C(=O)NC(C)c2ccccc2)c1. The van der Waals surface area contributed by atoms with Crippen molar-refractivity contribution in [2.24, 2.45) is 0 Å². The molecule has 0 aliphatic rings. The van der Waals surface area contributed by atoms with E-state index in [-0.39, 0.29) is 23.0 Å². The number of nitrogens with one attached hydrogen (secondary N) is 3. The Morgan fingerprint density at radius 2 is 1.61 bits per heavy atom. The maximum Gasteiger partial charge on any atom is 0.261 e. The van der Waals surface area contributed by atoms with E-state index in [4.69, 9.17) is 17.0 Å². The van der Waals surface area contributed by atoms with E-state index in [0.717, 1.165) is 5.56 Å². The number of carbonyl (C=O) groups excluding carboxylic acids is 2. The van der Waals surface area contributed by atoms with Crippen LogP contribution in [0.4, 0.5) is 5.69 Å². The lowest BCUT2D eigenvalue weighted by atomic mass is 10.1. The highest BCUT2D eigenvalue weighted by molar-refractivity contribution is 7.80. The number of methoxy groups -OCH3 is 1. The Kier molecular flexibility index (Phi) is 7.35. The van der Waals surface area contributed by atoms with E-state index in [0.29, 0.717) is 22.6 Å². The molecule has 0 saturated heterocycles. The van der Waals surface area contributed by atoms with E-state index in [2.05, 4.69) is 16.0 Å². The summed E-state index contributed by atoms with van der Waals surface area (Å²) in [4.78, 5) is 25.1. The van der Waals surface area contributed by atoms with Gasteiger partial charge in [0.25, 0.3) is 11.8 Å². The van der Waals surface area contributed by atoms with Crippen molar-refractivity contribution in [2.45, 2.75) is 13.0 Å². The monoisotopic (exact) mass is 433 g/mol. The Morgan fingerprint density at radius 1 is 0.903 bits per heavy atom. The number of hydrogen-bond donors (Lipinski definition) is 3. The zero-order valence-corrected chi connectivity index (χ0v) is 18.0. The first kappa shape index (κ1) is 22.0. The lowest BCUT2D eigenvalue weighted by Crippen LogP contribution is -2.34. The Hall–Kier alpha value is -3.71. The average Bonchev–Trinajstić information content (AvgIpc) is 2.79. The third-order valence-electron chi connectivity index (χ3n) is 4.61. The molecular weight excluding hydrogens is 410 g/mol. The van der Waals surface area contributed by atoms with Crippen molar-refractivity contribution in [1.29, 1.82) is 0 Å². The van der Waals surface area contributed by atoms with Crippen molar-refractivity contribution < 1.29 is 14.3 Å². The maximum atomic E-state index is 12.6. The van der Waals surface area contributed by atoms with Gasteiger partial charge in [0.05, 0.1) is 18.7 Å². The van der Waals surface area contributed by atoms with Gasteiger partial charge < -0.3 is 15.4 Å². The molecule has 1 atom stereocenters. The average molecular weight is 434 g/mol. The van der Waals surface area contributed by atoms with Crippen LogP contribution in [0.15, 0.2) is 78.9 Å². The zero-order valence-electron chi connectivity index (χ0n) is 17.2. The third kappa shape index (κ3) is 5.90. The van der Waals surface area contributed by atoms with Crippen molar-refractivity contribution >= 4 is 34.8 Å². The number of para-hydroxylation sites is 1. The van der Waals surface area contributed by atoms with Crippen molar-refractivity contribution in [3.05, 3.63) is 95.6 Å². The van der Waals surface area contributed by atoms with Crippen molar-refractivity contribution in [3.8, 4) is 5.75 Å². The van der Waals surface area contributed by atoms with Crippen LogP contribution < -0.4 is 20.7 Å². The molecule has 0 aliphatic heterocycles. The summed E-state index contributed by atoms with van der Waals surface area (Å²) in [6.07, 6.45) is 0. The summed E-state index contributed by atoms with van der Waals surface area (Å²) in [7, 11) is 1.50. The molecule has 0 saturated carbocycles. The molecule has 0 aromatic heterocycles. The standard InChI is InChI=1S/C24H23N3O3S/c1-16(17-9-4-3-5-10-17)25-22(28)18-11-8-12-19(15-18)26-24(31)27-23(29)20-13-6-7-14-21(20)30-2/h3-16H,1-2H3,(H,25,28)(H2,26,27,29,31). The lowest BCUT2D eigenvalue weighted by Gasteiger charge is -2.15. The molecule has 1 unspecified atom stereocenters. The molecular formula is C24H23N3O3S. The summed E-state index contributed by atoms with van der Waals surface area (Å²) >= 11 is 5.25. The first-order chi connectivity index (χ1) is 15.0. The highest BCUT2D eigenvalue weighted by atomic mass is 32.1. The second-order valence-corrected chi connectivity index (χ2v) is 7.20. The van der Waals surface area contributed by atoms with Crippen LogP contribution in [0.1, 0.15) is 39.2 Å². The molecule has 0 bridgehead atoms. The number of rotatable bonds is 6. The quantitative estimate of drug-likeness (QED) is 0.505. The second-order valence-electron chi connectivity index (χ2n) is 6.80. The summed E-state index contributed by atoms with van der Waals surface area (Å²) in [5.41, 5.74) is 2.46. The molecule has 6 nitrogen and oxygen atoms in total. The minimum absolute atomic E-state index is 0.117. The van der Waals surface area contributed by atoms with Gasteiger partial charge in [0.2, 0.25) is 0 Å². The molecule has 0 fully saturated rings. The van der Waals surface area contributed by atoms with E-state index in [9.17, 15) is 9.59 Å². The Balaban J connectivity index is 1.62. The van der Waals surface area contributed by atoms with E-state index in [1.807, 2.05) is 37.3 Å². The summed E-state index contributed by atoms with van der Waals surface area (Å²) < 4.78 is 5.20. The van der Waals surface area contributed by atoms with Gasteiger partial charge in [0.1, 0.15) is 5.75 Å². The molecule has 3 aromatic carbocycles. The molecule has 158 valence electrons. The molecule has 0 heterocycles. The van der Waals surface area contributed by atoms with E-state index >= 15 is 0 Å². The predicted octanol–water partition coefficient (Wildman–Crippen LogP) is 4.31. The number of hydrogen-bond acceptors (Lipinski definition) is 4. The molecule has 31 heavy (non-hydrogen) atoms. The number of benzene rings is 3. The van der Waals surface area contributed by atoms with E-state index in [1.165, 1.54) is 7.11 Å². The first-order valence-electron chi connectivity index (χ1n) is 9.69. The van der Waals surface area contributed by atoms with Crippen LogP contribution in [0.5, 0.6) is 5.75 Å². The molecule has 2 amide bonds. The van der Waals surface area contributed by atoms with Gasteiger partial charge in [-0.15, -0.1) is 0 Å². The van der Waals surface area contributed by atoms with Gasteiger partial charge in [-0.2, -0.15) is 0 Å². The first-order valence-corrected chi connectivity index (χ1v) is 10.1. The van der Waals surface area contributed by atoms with Crippen LogP contribution in [0.25, 0.3) is 0 Å². The van der Waals surface area contributed by atoms with Crippen LogP contribution in [0.2, 0.25) is 0 Å². The Labute approximate surface area is 186 Å². The van der Waals surface area contributed by atoms with Gasteiger partial charge >= 0.3 is 0 Å². The summed E-state index contributed by atoms with van der Waals surface area (Å²) in [6.45, 7) is 1.93. The summed E-state index contributed by atoms with van der Waals surface area (Å²) in [5, 5.41) is 8.65. The van der Waals surface area contributed by atoms with Gasteiger partial charge in [-0.25, -0.2) is 0 Å². The number of anilines is 1. The van der Waals surface area contributed by atoms with E-state index < -0.39 is 0 Å². The minimum atomic E-state index is -0.388. The van der Waals surface area contributed by atoms with Crippen LogP contribution in [0, 0.1) is 0 Å². The van der Waals surface area contributed by atoms with Gasteiger partial charge in [0.15, 0.2) is 5.11 Å². The molecule has 3 aromatic rings. The fourth-order valence-electron chi connectivity index (χ4n) is 3.01. The molecule has 3 N–H and O–H groups in total. The van der Waals surface area contributed by atoms with Crippen molar-refractivity contribution in [3.63, 3.8) is 0 Å². The smallest absolute Gasteiger partial charge is 0.261 e. The van der Waals surface area contributed by atoms with Crippen molar-refractivity contribution in [2.75, 3.05) is 12.4 Å². The molecule has 3 rings (SSSR count). The maximum absolute atomic E-state index is 12.6. The number of ether oxygens (including phenoxy) is 1. The Bertz CT molecular complexity index is 1090. The van der Waals surface area contributed by atoms with Gasteiger partial charge in [-0.05, 0) is 55.0 Å². The van der Waals surface area contributed by atoms with Crippen LogP contribution in [0.3, 0.4) is 0 Å². The highest BCUT2D eigenvalue weighted by Crippen LogP contribution is 2.17. The van der Waals surface area contributed by atoms with Gasteiger partial charge in [-0.3, -0.25) is 14.9 Å². The van der Waals surface area contributed by atoms with Crippen LogP contribution in [-0.4, -0.2) is 24.0 Å². The minimum Gasteiger partial charge on any atom is -0.496 e. The third-order valence-corrected chi connectivity index (χ3v) is 4.81. The Morgan fingerprint density at radius 3 is 2.35 bits per heavy atom. The molecule has 0 spiro atoms. The van der Waals surface area contributed by atoms with Crippen molar-refractivity contribution in [1.82, 2.24) is 10.6 Å². The van der Waals surface area contributed by atoms with Crippen LogP contribution in [-0.2, 0) is 0 Å². The fourth-order valence-corrected chi connectivity index (χ4v) is 3.22. The molecule has 0 aliphatic carbocycles. The number of thiocarbonyl (C=S) groups is 1. The fraction of sp³-hybridized carbons (Fsp3) is 0.125. The second kappa shape index (κ2) is 10.4. The number of carbonyl (C=O) groups is 2. The lowest BCUT2D eigenvalue weighted by molar-refractivity contribution is 0.0938. The van der Waals surface area contributed by atoms with Gasteiger partial charge in [0, 0.05) is 11.3 Å².